The van der Waals surface area contributed by atoms with Gasteiger partial charge in [0.25, 0.3) is 5.91 Å². The van der Waals surface area contributed by atoms with Crippen molar-refractivity contribution in [2.75, 3.05) is 13.1 Å². The number of hydrogen-bond acceptors (Lipinski definition) is 4. The minimum Gasteiger partial charge on any atom is -0.481 e. The van der Waals surface area contributed by atoms with E-state index in [2.05, 4.69) is 4.99 Å². The van der Waals surface area contributed by atoms with Crippen molar-refractivity contribution in [3.05, 3.63) is 65.2 Å². The van der Waals surface area contributed by atoms with Crippen molar-refractivity contribution >= 4 is 34.4 Å². The highest BCUT2D eigenvalue weighted by Crippen LogP contribution is 2.22. The third-order valence-electron chi connectivity index (χ3n) is 3.73. The molecule has 1 atom stereocenters. The summed E-state index contributed by atoms with van der Waals surface area (Å²) in [5.74, 6) is 1.34. The molecule has 0 radical (unpaired) electrons. The zero-order valence-electron chi connectivity index (χ0n) is 13.9. The van der Waals surface area contributed by atoms with E-state index in [0.29, 0.717) is 23.9 Å². The van der Waals surface area contributed by atoms with Crippen molar-refractivity contribution in [3.63, 3.8) is 0 Å². The standard InChI is InChI=1S/C19H19ClN2O2S/c1-14(24-17-8-3-2-4-9-17)18(23)22-11-10-21-19(22)25-13-15-6-5-7-16(20)12-15/h2-9,12,14H,10-11,13H2,1H3/t14-/m0/s1. The Morgan fingerprint density at radius 2 is 2.08 bits per heavy atom. The monoisotopic (exact) mass is 374 g/mol. The molecule has 130 valence electrons. The van der Waals surface area contributed by atoms with Crippen LogP contribution in [0.4, 0.5) is 0 Å². The molecule has 0 spiro atoms. The van der Waals surface area contributed by atoms with E-state index in [-0.39, 0.29) is 5.91 Å². The number of nitrogens with zero attached hydrogens (tertiary/aromatic N) is 2. The molecule has 6 heteroatoms. The van der Waals surface area contributed by atoms with Crippen LogP contribution < -0.4 is 4.74 Å². The normalized spacial score (nSPS) is 15.0. The number of thioether (sulfide) groups is 1. The molecular weight excluding hydrogens is 356 g/mol. The van der Waals surface area contributed by atoms with Crippen LogP contribution in [0.2, 0.25) is 5.02 Å². The van der Waals surface area contributed by atoms with Crippen molar-refractivity contribution in [2.45, 2.75) is 18.8 Å². The molecule has 0 fully saturated rings. The summed E-state index contributed by atoms with van der Waals surface area (Å²) in [6.07, 6.45) is -0.558. The van der Waals surface area contributed by atoms with Crippen molar-refractivity contribution in [1.29, 1.82) is 0 Å². The first-order valence-electron chi connectivity index (χ1n) is 8.08. The summed E-state index contributed by atoms with van der Waals surface area (Å²) in [7, 11) is 0. The summed E-state index contributed by atoms with van der Waals surface area (Å²) < 4.78 is 5.74. The van der Waals surface area contributed by atoms with Gasteiger partial charge in [0, 0.05) is 17.3 Å². The highest BCUT2D eigenvalue weighted by molar-refractivity contribution is 8.13. The second kappa shape index (κ2) is 8.41. The SMILES string of the molecule is C[C@H](Oc1ccccc1)C(=O)N1CCN=C1SCc1cccc(Cl)c1. The molecule has 0 aromatic heterocycles. The van der Waals surface area contributed by atoms with E-state index in [1.807, 2.05) is 54.6 Å². The number of amidine groups is 1. The fourth-order valence-electron chi connectivity index (χ4n) is 2.50. The van der Waals surface area contributed by atoms with Crippen molar-refractivity contribution in [3.8, 4) is 5.75 Å². The van der Waals surface area contributed by atoms with E-state index in [0.717, 1.165) is 16.5 Å². The largest absolute Gasteiger partial charge is 0.481 e. The maximum Gasteiger partial charge on any atom is 0.269 e. The maximum absolute atomic E-state index is 12.7. The van der Waals surface area contributed by atoms with Crippen LogP contribution in [0.15, 0.2) is 59.6 Å². The second-order valence-corrected chi connectivity index (χ2v) is 7.02. The van der Waals surface area contributed by atoms with Gasteiger partial charge in [-0.15, -0.1) is 0 Å². The fourth-order valence-corrected chi connectivity index (χ4v) is 3.71. The predicted octanol–water partition coefficient (Wildman–Crippen LogP) is 4.24. The van der Waals surface area contributed by atoms with Crippen molar-refractivity contribution in [2.24, 2.45) is 4.99 Å². The Labute approximate surface area is 156 Å². The molecule has 0 unspecified atom stereocenters. The summed E-state index contributed by atoms with van der Waals surface area (Å²) in [6.45, 7) is 2.99. The Kier molecular flexibility index (Phi) is 6.00. The topological polar surface area (TPSA) is 41.9 Å². The molecule has 3 rings (SSSR count). The lowest BCUT2D eigenvalue weighted by Gasteiger charge is -2.22. The average Bonchev–Trinajstić information content (AvgIpc) is 3.08. The summed E-state index contributed by atoms with van der Waals surface area (Å²) in [6, 6.07) is 17.1. The summed E-state index contributed by atoms with van der Waals surface area (Å²) in [5.41, 5.74) is 1.10. The van der Waals surface area contributed by atoms with Crippen LogP contribution in [0, 0.1) is 0 Å². The summed E-state index contributed by atoms with van der Waals surface area (Å²) in [5, 5.41) is 1.46. The lowest BCUT2D eigenvalue weighted by Crippen LogP contribution is -2.41. The molecule has 0 N–H and O–H groups in total. The van der Waals surface area contributed by atoms with Gasteiger partial charge in [0.1, 0.15) is 5.75 Å². The number of ether oxygens (including phenoxy) is 1. The summed E-state index contributed by atoms with van der Waals surface area (Å²) >= 11 is 7.56. The average molecular weight is 375 g/mol. The molecule has 1 aliphatic heterocycles. The molecule has 2 aromatic carbocycles. The van der Waals surface area contributed by atoms with Gasteiger partial charge in [-0.05, 0) is 36.8 Å². The van der Waals surface area contributed by atoms with E-state index in [4.69, 9.17) is 16.3 Å². The van der Waals surface area contributed by atoms with Gasteiger partial charge in [0.15, 0.2) is 11.3 Å². The Morgan fingerprint density at radius 3 is 2.84 bits per heavy atom. The molecule has 0 bridgehead atoms. The van der Waals surface area contributed by atoms with Crippen LogP contribution in [-0.4, -0.2) is 35.2 Å². The maximum atomic E-state index is 12.7. The van der Waals surface area contributed by atoms with Gasteiger partial charge in [-0.1, -0.05) is 53.7 Å². The van der Waals surface area contributed by atoms with Gasteiger partial charge in [-0.2, -0.15) is 0 Å². The van der Waals surface area contributed by atoms with E-state index < -0.39 is 6.10 Å². The minimum atomic E-state index is -0.558. The molecule has 0 saturated heterocycles. The number of hydrogen-bond donors (Lipinski definition) is 0. The molecule has 4 nitrogen and oxygen atoms in total. The first-order chi connectivity index (χ1) is 12.1. The number of halogens is 1. The van der Waals surface area contributed by atoms with Crippen molar-refractivity contribution in [1.82, 2.24) is 4.90 Å². The van der Waals surface area contributed by atoms with Crippen LogP contribution in [0.5, 0.6) is 5.75 Å². The molecule has 1 amide bonds. The molecule has 2 aromatic rings. The Hall–Kier alpha value is -1.98. The quantitative estimate of drug-likeness (QED) is 0.786. The van der Waals surface area contributed by atoms with E-state index in [9.17, 15) is 4.79 Å². The number of carbonyl (C=O) groups is 1. The minimum absolute atomic E-state index is 0.0707. The number of carbonyl (C=O) groups excluding carboxylic acids is 1. The Balaban J connectivity index is 1.59. The number of aliphatic imine (C=N–C) groups is 1. The molecule has 0 aliphatic carbocycles. The first-order valence-corrected chi connectivity index (χ1v) is 9.44. The fraction of sp³-hybridized carbons (Fsp3) is 0.263. The lowest BCUT2D eigenvalue weighted by molar-refractivity contribution is -0.133. The van der Waals surface area contributed by atoms with Gasteiger partial charge < -0.3 is 4.74 Å². The lowest BCUT2D eigenvalue weighted by atomic mass is 10.2. The van der Waals surface area contributed by atoms with Crippen molar-refractivity contribution < 1.29 is 9.53 Å². The highest BCUT2D eigenvalue weighted by Gasteiger charge is 2.29. The third kappa shape index (κ3) is 4.77. The smallest absolute Gasteiger partial charge is 0.269 e. The van der Waals surface area contributed by atoms with Crippen LogP contribution in [0.3, 0.4) is 0 Å². The Morgan fingerprint density at radius 1 is 1.28 bits per heavy atom. The highest BCUT2D eigenvalue weighted by atomic mass is 35.5. The van der Waals surface area contributed by atoms with Crippen LogP contribution >= 0.6 is 23.4 Å². The molecule has 0 saturated carbocycles. The zero-order chi connectivity index (χ0) is 17.6. The number of rotatable bonds is 5. The van der Waals surface area contributed by atoms with Gasteiger partial charge in [-0.3, -0.25) is 14.7 Å². The van der Waals surface area contributed by atoms with Crippen LogP contribution in [-0.2, 0) is 10.5 Å². The van der Waals surface area contributed by atoms with Crippen LogP contribution in [0.25, 0.3) is 0 Å². The third-order valence-corrected chi connectivity index (χ3v) is 5.05. The summed E-state index contributed by atoms with van der Waals surface area (Å²) in [4.78, 5) is 18.9. The molecular formula is C19H19ClN2O2S. The second-order valence-electron chi connectivity index (χ2n) is 5.65. The van der Waals surface area contributed by atoms with Gasteiger partial charge in [0.2, 0.25) is 0 Å². The predicted molar refractivity (Wildman–Crippen MR) is 103 cm³/mol. The van der Waals surface area contributed by atoms with E-state index >= 15 is 0 Å². The van der Waals surface area contributed by atoms with E-state index in [1.165, 1.54) is 0 Å². The number of amides is 1. The Bertz CT molecular complexity index is 767. The van der Waals surface area contributed by atoms with Gasteiger partial charge >= 0.3 is 0 Å². The molecule has 1 aliphatic rings. The molecule has 25 heavy (non-hydrogen) atoms. The number of para-hydroxylation sites is 1. The number of benzene rings is 2. The zero-order valence-corrected chi connectivity index (χ0v) is 15.5. The van der Waals surface area contributed by atoms with Gasteiger partial charge in [0.05, 0.1) is 6.54 Å². The van der Waals surface area contributed by atoms with Gasteiger partial charge in [-0.25, -0.2) is 0 Å². The van der Waals surface area contributed by atoms with Crippen LogP contribution in [0.1, 0.15) is 12.5 Å². The van der Waals surface area contributed by atoms with E-state index in [1.54, 1.807) is 23.6 Å². The molecule has 1 heterocycles. The first kappa shape index (κ1) is 17.8.